The number of fused-ring (bicyclic) bond motifs is 1. The predicted octanol–water partition coefficient (Wildman–Crippen LogP) is 3.33. The van der Waals surface area contributed by atoms with E-state index in [4.69, 9.17) is 0 Å². The molecule has 112 valence electrons. The fraction of sp³-hybridized carbons (Fsp3) is 0.133. The van der Waals surface area contributed by atoms with Crippen molar-refractivity contribution in [2.24, 2.45) is 0 Å². The van der Waals surface area contributed by atoms with Crippen molar-refractivity contribution in [3.63, 3.8) is 0 Å². The van der Waals surface area contributed by atoms with Crippen LogP contribution >= 0.6 is 0 Å². The Balaban J connectivity index is 1.89. The molecule has 0 fully saturated rings. The molecule has 1 heterocycles. The quantitative estimate of drug-likeness (QED) is 0.697. The Hall–Kier alpha value is -2.70. The molecule has 0 aliphatic rings. The van der Waals surface area contributed by atoms with Gasteiger partial charge in [0.05, 0.1) is 11.1 Å². The summed E-state index contributed by atoms with van der Waals surface area (Å²) >= 11 is 0. The van der Waals surface area contributed by atoms with Crippen molar-refractivity contribution in [1.29, 1.82) is 0 Å². The molecule has 0 bridgehead atoms. The maximum atomic E-state index is 12.7. The number of ketones is 1. The monoisotopic (exact) mass is 305 g/mol. The fourth-order valence-electron chi connectivity index (χ4n) is 2.13. The molecule has 0 aliphatic heterocycles. The van der Waals surface area contributed by atoms with Gasteiger partial charge in [0.2, 0.25) is 0 Å². The highest BCUT2D eigenvalue weighted by Crippen LogP contribution is 2.29. The number of nitrogens with zero attached hydrogens (tertiary/aromatic N) is 3. The fourth-order valence-corrected chi connectivity index (χ4v) is 2.13. The number of hydrogen-bond acceptors (Lipinski definition) is 3. The summed E-state index contributed by atoms with van der Waals surface area (Å²) in [6.45, 7) is -0.165. The van der Waals surface area contributed by atoms with Gasteiger partial charge in [-0.2, -0.15) is 13.2 Å². The summed E-state index contributed by atoms with van der Waals surface area (Å²) in [4.78, 5) is 12.2. The zero-order valence-electron chi connectivity index (χ0n) is 11.2. The lowest BCUT2D eigenvalue weighted by Crippen LogP contribution is -2.13. The number of Topliss-reactive ketones (excluding diaryl/α,β-unsaturated/α-hetero) is 1. The van der Waals surface area contributed by atoms with Gasteiger partial charge >= 0.3 is 6.18 Å². The minimum atomic E-state index is -4.48. The molecule has 0 unspecified atom stereocenters. The van der Waals surface area contributed by atoms with E-state index in [0.717, 1.165) is 12.1 Å². The third-order valence-electron chi connectivity index (χ3n) is 3.23. The van der Waals surface area contributed by atoms with Crippen molar-refractivity contribution >= 4 is 16.8 Å². The molecular formula is C15H10F3N3O. The van der Waals surface area contributed by atoms with Gasteiger partial charge in [0, 0.05) is 5.56 Å². The number of para-hydroxylation sites is 1. The first-order chi connectivity index (χ1) is 10.4. The van der Waals surface area contributed by atoms with Crippen LogP contribution in [-0.4, -0.2) is 20.8 Å². The van der Waals surface area contributed by atoms with Crippen molar-refractivity contribution in [3.05, 3.63) is 59.7 Å². The largest absolute Gasteiger partial charge is 0.416 e. The van der Waals surface area contributed by atoms with Crippen LogP contribution in [-0.2, 0) is 12.7 Å². The molecule has 0 saturated heterocycles. The van der Waals surface area contributed by atoms with Gasteiger partial charge < -0.3 is 0 Å². The summed E-state index contributed by atoms with van der Waals surface area (Å²) in [6.07, 6.45) is -4.48. The maximum absolute atomic E-state index is 12.7. The van der Waals surface area contributed by atoms with Gasteiger partial charge in [-0.25, -0.2) is 4.68 Å². The number of hydrogen-bond donors (Lipinski definition) is 0. The lowest BCUT2D eigenvalue weighted by atomic mass is 10.1. The first-order valence-corrected chi connectivity index (χ1v) is 6.44. The topological polar surface area (TPSA) is 47.8 Å². The Labute approximate surface area is 123 Å². The molecule has 0 spiro atoms. The van der Waals surface area contributed by atoms with Crippen LogP contribution in [0.3, 0.4) is 0 Å². The number of benzene rings is 2. The molecule has 0 amide bonds. The highest BCUT2D eigenvalue weighted by molar-refractivity contribution is 5.96. The Kier molecular flexibility index (Phi) is 3.40. The van der Waals surface area contributed by atoms with Crippen LogP contribution in [0.5, 0.6) is 0 Å². The van der Waals surface area contributed by atoms with Gasteiger partial charge in [-0.15, -0.1) is 5.10 Å². The van der Waals surface area contributed by atoms with E-state index in [1.54, 1.807) is 24.3 Å². The van der Waals surface area contributed by atoms with Crippen LogP contribution in [0.15, 0.2) is 48.5 Å². The van der Waals surface area contributed by atoms with E-state index in [1.807, 2.05) is 0 Å². The predicted molar refractivity (Wildman–Crippen MR) is 73.3 cm³/mol. The molecule has 3 aromatic rings. The van der Waals surface area contributed by atoms with Crippen LogP contribution in [0.25, 0.3) is 11.0 Å². The summed E-state index contributed by atoms with van der Waals surface area (Å²) in [5, 5.41) is 7.76. The highest BCUT2D eigenvalue weighted by Gasteiger charge is 2.30. The molecule has 7 heteroatoms. The van der Waals surface area contributed by atoms with E-state index in [0.29, 0.717) is 11.0 Å². The molecule has 0 N–H and O–H groups in total. The van der Waals surface area contributed by atoms with Crippen LogP contribution in [0.4, 0.5) is 13.2 Å². The molecular weight excluding hydrogens is 295 g/mol. The van der Waals surface area contributed by atoms with Crippen LogP contribution < -0.4 is 0 Å². The molecule has 4 nitrogen and oxygen atoms in total. The van der Waals surface area contributed by atoms with Crippen molar-refractivity contribution in [2.45, 2.75) is 12.7 Å². The van der Waals surface area contributed by atoms with Gasteiger partial charge in [0.15, 0.2) is 5.78 Å². The SMILES string of the molecule is O=C(Cn1nnc2ccccc21)c1cccc(C(F)(F)F)c1. The van der Waals surface area contributed by atoms with Crippen molar-refractivity contribution < 1.29 is 18.0 Å². The van der Waals surface area contributed by atoms with Crippen molar-refractivity contribution in [2.75, 3.05) is 0 Å². The lowest BCUT2D eigenvalue weighted by molar-refractivity contribution is -0.137. The van der Waals surface area contributed by atoms with Crippen LogP contribution in [0.1, 0.15) is 15.9 Å². The number of halogens is 3. The number of carbonyl (C=O) groups excluding carboxylic acids is 1. The third kappa shape index (κ3) is 2.69. The molecule has 1 aromatic heterocycles. The van der Waals surface area contributed by atoms with E-state index < -0.39 is 17.5 Å². The van der Waals surface area contributed by atoms with E-state index in [2.05, 4.69) is 10.3 Å². The molecule has 0 radical (unpaired) electrons. The summed E-state index contributed by atoms with van der Waals surface area (Å²) < 4.78 is 39.4. The Morgan fingerprint density at radius 2 is 1.86 bits per heavy atom. The molecule has 0 atom stereocenters. The van der Waals surface area contributed by atoms with E-state index >= 15 is 0 Å². The molecule has 3 rings (SSSR count). The van der Waals surface area contributed by atoms with E-state index in [9.17, 15) is 18.0 Å². The smallest absolute Gasteiger partial charge is 0.292 e. The standard InChI is InChI=1S/C15H10F3N3O/c16-15(17,18)11-5-3-4-10(8-11)14(22)9-21-13-7-2-1-6-12(13)19-20-21/h1-8H,9H2. The number of carbonyl (C=O) groups is 1. The minimum absolute atomic E-state index is 0.00518. The summed E-state index contributed by atoms with van der Waals surface area (Å²) in [7, 11) is 0. The minimum Gasteiger partial charge on any atom is -0.292 e. The zero-order chi connectivity index (χ0) is 15.7. The van der Waals surface area contributed by atoms with Gasteiger partial charge in [-0.1, -0.05) is 29.5 Å². The normalized spacial score (nSPS) is 11.8. The van der Waals surface area contributed by atoms with E-state index in [-0.39, 0.29) is 12.1 Å². The molecule has 0 saturated carbocycles. The average Bonchev–Trinajstić information content (AvgIpc) is 2.90. The summed E-state index contributed by atoms with van der Waals surface area (Å²) in [5.41, 5.74) is 0.429. The molecule has 0 aliphatic carbocycles. The van der Waals surface area contributed by atoms with Crippen molar-refractivity contribution in [1.82, 2.24) is 15.0 Å². The molecule has 2 aromatic carbocycles. The maximum Gasteiger partial charge on any atom is 0.416 e. The number of rotatable bonds is 3. The summed E-state index contributed by atoms with van der Waals surface area (Å²) in [6, 6.07) is 11.4. The van der Waals surface area contributed by atoms with Gasteiger partial charge in [0.1, 0.15) is 12.1 Å². The number of aromatic nitrogens is 3. The second-order valence-electron chi connectivity index (χ2n) is 4.74. The van der Waals surface area contributed by atoms with Gasteiger partial charge in [0.25, 0.3) is 0 Å². The zero-order valence-corrected chi connectivity index (χ0v) is 11.2. The Morgan fingerprint density at radius 3 is 2.64 bits per heavy atom. The van der Waals surface area contributed by atoms with Crippen molar-refractivity contribution in [3.8, 4) is 0 Å². The van der Waals surface area contributed by atoms with Crippen LogP contribution in [0.2, 0.25) is 0 Å². The second kappa shape index (κ2) is 5.25. The second-order valence-corrected chi connectivity index (χ2v) is 4.74. The average molecular weight is 305 g/mol. The molecule has 22 heavy (non-hydrogen) atoms. The van der Waals surface area contributed by atoms with Crippen LogP contribution in [0, 0.1) is 0 Å². The lowest BCUT2D eigenvalue weighted by Gasteiger charge is -2.08. The third-order valence-corrected chi connectivity index (χ3v) is 3.23. The Bertz CT molecular complexity index is 839. The first-order valence-electron chi connectivity index (χ1n) is 6.44. The first kappa shape index (κ1) is 14.2. The Morgan fingerprint density at radius 1 is 1.09 bits per heavy atom. The van der Waals surface area contributed by atoms with Gasteiger partial charge in [-0.3, -0.25) is 4.79 Å². The van der Waals surface area contributed by atoms with Gasteiger partial charge in [-0.05, 0) is 24.3 Å². The van der Waals surface area contributed by atoms with E-state index in [1.165, 1.54) is 16.8 Å². The number of alkyl halides is 3. The highest BCUT2D eigenvalue weighted by atomic mass is 19.4. The summed E-state index contributed by atoms with van der Waals surface area (Å²) in [5.74, 6) is -0.457.